The van der Waals surface area contributed by atoms with Crippen molar-refractivity contribution in [2.45, 2.75) is 19.8 Å². The van der Waals surface area contributed by atoms with Crippen LogP contribution in [0.4, 0.5) is 5.69 Å². The van der Waals surface area contributed by atoms with Gasteiger partial charge in [0, 0.05) is 37.5 Å². The van der Waals surface area contributed by atoms with E-state index in [1.54, 1.807) is 25.3 Å². The van der Waals surface area contributed by atoms with Crippen molar-refractivity contribution in [2.75, 3.05) is 119 Å². The average molecular weight is 574 g/mol. The summed E-state index contributed by atoms with van der Waals surface area (Å²) in [5.74, 6) is 0.303. The Kier molecular flexibility index (Phi) is 23.1. The van der Waals surface area contributed by atoms with E-state index in [4.69, 9.17) is 48.4 Å². The van der Waals surface area contributed by atoms with Crippen LogP contribution in [0.2, 0.25) is 0 Å². The maximum absolute atomic E-state index is 12.0. The Hall–Kier alpha value is -2.16. The summed E-state index contributed by atoms with van der Waals surface area (Å²) in [7, 11) is 1.64. The van der Waals surface area contributed by atoms with Crippen LogP contribution in [0.5, 0.6) is 5.75 Å². The highest BCUT2D eigenvalue weighted by molar-refractivity contribution is 5.99. The van der Waals surface area contributed by atoms with Crippen molar-refractivity contribution in [2.24, 2.45) is 0 Å². The summed E-state index contributed by atoms with van der Waals surface area (Å²) in [6.07, 6.45) is 0.949. The molecule has 1 aromatic carbocycles. The van der Waals surface area contributed by atoms with Crippen molar-refractivity contribution >= 4 is 17.3 Å². The van der Waals surface area contributed by atoms with Gasteiger partial charge in [-0.3, -0.25) is 9.59 Å². The lowest BCUT2D eigenvalue weighted by Gasteiger charge is -2.09. The third kappa shape index (κ3) is 20.7. The van der Waals surface area contributed by atoms with Crippen molar-refractivity contribution in [1.29, 1.82) is 0 Å². The fourth-order valence-electron chi connectivity index (χ4n) is 3.12. The zero-order valence-corrected chi connectivity index (χ0v) is 24.0. The van der Waals surface area contributed by atoms with Gasteiger partial charge in [0.25, 0.3) is 0 Å². The fourth-order valence-corrected chi connectivity index (χ4v) is 3.12. The predicted molar refractivity (Wildman–Crippen MR) is 148 cm³/mol. The topological polar surface area (TPSA) is 143 Å². The predicted octanol–water partition coefficient (Wildman–Crippen LogP) is 1.96. The molecular weight excluding hydrogens is 526 g/mol. The molecule has 40 heavy (non-hydrogen) atoms. The fraction of sp³-hybridized carbons (Fsp3) is 0.714. The molecule has 0 bridgehead atoms. The van der Waals surface area contributed by atoms with Gasteiger partial charge in [-0.05, 0) is 25.5 Å². The van der Waals surface area contributed by atoms with Gasteiger partial charge in [0.15, 0.2) is 11.6 Å². The molecule has 0 aliphatic heterocycles. The van der Waals surface area contributed by atoms with Gasteiger partial charge in [-0.2, -0.15) is 0 Å². The lowest BCUT2D eigenvalue weighted by atomic mass is 10.1. The van der Waals surface area contributed by atoms with Gasteiger partial charge in [-0.25, -0.2) is 0 Å². The lowest BCUT2D eigenvalue weighted by molar-refractivity contribution is -0.121. The Balaban J connectivity index is 1.77. The van der Waals surface area contributed by atoms with E-state index in [1.165, 1.54) is 6.92 Å². The second-order valence-corrected chi connectivity index (χ2v) is 8.52. The first-order valence-corrected chi connectivity index (χ1v) is 13.6. The van der Waals surface area contributed by atoms with Crippen molar-refractivity contribution in [3.63, 3.8) is 0 Å². The van der Waals surface area contributed by atoms with Crippen molar-refractivity contribution in [3.05, 3.63) is 23.8 Å². The number of anilines is 1. The number of Topliss-reactive ketones (excluding diaryl/α,β-unsaturated/α-hetero) is 2. The van der Waals surface area contributed by atoms with Gasteiger partial charge in [-0.1, -0.05) is 0 Å². The third-order valence-corrected chi connectivity index (χ3v) is 5.21. The molecule has 0 saturated carbocycles. The van der Waals surface area contributed by atoms with E-state index in [0.717, 1.165) is 0 Å². The van der Waals surface area contributed by atoms with E-state index < -0.39 is 0 Å². The summed E-state index contributed by atoms with van der Waals surface area (Å²) in [4.78, 5) is 23.4. The van der Waals surface area contributed by atoms with Crippen LogP contribution in [-0.2, 0) is 42.7 Å². The minimum Gasteiger partial charge on any atom is -0.486 e. The number of ketones is 2. The van der Waals surface area contributed by atoms with Gasteiger partial charge in [0.1, 0.15) is 12.4 Å². The highest BCUT2D eigenvalue weighted by Crippen LogP contribution is 2.20. The molecule has 0 fully saturated rings. The van der Waals surface area contributed by atoms with E-state index >= 15 is 0 Å². The zero-order chi connectivity index (χ0) is 29.1. The Morgan fingerprint density at radius 1 is 0.650 bits per heavy atom. The Morgan fingerprint density at radius 2 is 1.07 bits per heavy atom. The molecule has 12 nitrogen and oxygen atoms in total. The van der Waals surface area contributed by atoms with Crippen molar-refractivity contribution in [1.82, 2.24) is 0 Å². The summed E-state index contributed by atoms with van der Waals surface area (Å²) in [5.41, 5.74) is 6.59. The summed E-state index contributed by atoms with van der Waals surface area (Å²) in [6.45, 7) is 8.97. The van der Waals surface area contributed by atoms with Crippen LogP contribution in [0.1, 0.15) is 30.1 Å². The van der Waals surface area contributed by atoms with E-state index in [9.17, 15) is 9.59 Å². The summed E-state index contributed by atoms with van der Waals surface area (Å²) in [5, 5.41) is 0. The molecule has 0 heterocycles. The molecule has 0 unspecified atom stereocenters. The maximum Gasteiger partial charge on any atom is 0.170 e. The van der Waals surface area contributed by atoms with E-state index in [-0.39, 0.29) is 18.2 Å². The number of nitrogen functional groups attached to an aromatic ring is 1. The number of methoxy groups -OCH3 is 1. The van der Waals surface area contributed by atoms with Gasteiger partial charge in [0.05, 0.1) is 92.5 Å². The van der Waals surface area contributed by atoms with E-state index in [2.05, 4.69) is 0 Å². The molecule has 0 aliphatic carbocycles. The number of carbonyl (C=O) groups excluding carboxylic acids is 2. The molecule has 1 rings (SSSR count). The summed E-state index contributed by atoms with van der Waals surface area (Å²) < 4.78 is 48.2. The highest BCUT2D eigenvalue weighted by Gasteiger charge is 2.08. The molecule has 0 radical (unpaired) electrons. The Morgan fingerprint density at radius 3 is 1.48 bits per heavy atom. The number of benzene rings is 1. The smallest absolute Gasteiger partial charge is 0.170 e. The number of ether oxygens (including phenoxy) is 9. The van der Waals surface area contributed by atoms with Gasteiger partial charge < -0.3 is 48.4 Å². The molecule has 12 heteroatoms. The third-order valence-electron chi connectivity index (χ3n) is 5.21. The number of hydrogen-bond donors (Lipinski definition) is 1. The van der Waals surface area contributed by atoms with Crippen LogP contribution < -0.4 is 10.5 Å². The highest BCUT2D eigenvalue weighted by atomic mass is 16.6. The molecule has 0 amide bonds. The lowest BCUT2D eigenvalue weighted by Crippen LogP contribution is -2.15. The van der Waals surface area contributed by atoms with Crippen LogP contribution in [0.3, 0.4) is 0 Å². The molecule has 0 saturated heterocycles. The van der Waals surface area contributed by atoms with Crippen LogP contribution in [0.15, 0.2) is 18.2 Å². The first-order chi connectivity index (χ1) is 19.5. The summed E-state index contributed by atoms with van der Waals surface area (Å²) >= 11 is 0. The van der Waals surface area contributed by atoms with Crippen LogP contribution >= 0.6 is 0 Å². The normalized spacial score (nSPS) is 11.2. The summed E-state index contributed by atoms with van der Waals surface area (Å²) in [6, 6.07) is 4.77. The standard InChI is InChI=1S/C28H47NO11/c1-24(30)27-6-5-26(22-28(27)29)40-23-25(31)4-3-7-33-10-11-35-14-15-37-18-19-39-21-20-38-17-16-36-13-12-34-9-8-32-2/h5-6,22H,3-4,7-21,23,29H2,1-2H3. The van der Waals surface area contributed by atoms with Crippen LogP contribution in [-0.4, -0.2) is 124 Å². The number of nitrogens with two attached hydrogens (primary N) is 1. The van der Waals surface area contributed by atoms with E-state index in [1.807, 2.05) is 0 Å². The molecule has 230 valence electrons. The number of hydrogen-bond acceptors (Lipinski definition) is 12. The van der Waals surface area contributed by atoms with Crippen molar-refractivity contribution in [3.8, 4) is 5.75 Å². The first kappa shape index (κ1) is 35.9. The molecular formula is C28H47NO11. The maximum atomic E-state index is 12.0. The second kappa shape index (κ2) is 25.8. The zero-order valence-electron chi connectivity index (χ0n) is 24.0. The van der Waals surface area contributed by atoms with Crippen LogP contribution in [0.25, 0.3) is 0 Å². The molecule has 0 aromatic heterocycles. The number of rotatable bonds is 29. The molecule has 0 spiro atoms. The molecule has 0 aliphatic rings. The quantitative estimate of drug-likeness (QED) is 0.0850. The minimum absolute atomic E-state index is 0.0381. The number of carbonyl (C=O) groups is 2. The SMILES string of the molecule is COCCOCCOCCOCCOCCOCCOCCOCCCC(=O)COc1ccc(C(C)=O)c(N)c1. The minimum atomic E-state index is -0.117. The van der Waals surface area contributed by atoms with Crippen molar-refractivity contribution < 1.29 is 52.2 Å². The average Bonchev–Trinajstić information content (AvgIpc) is 2.94. The monoisotopic (exact) mass is 573 g/mol. The Labute approximate surface area is 237 Å². The largest absolute Gasteiger partial charge is 0.486 e. The van der Waals surface area contributed by atoms with Gasteiger partial charge >= 0.3 is 0 Å². The molecule has 2 N–H and O–H groups in total. The van der Waals surface area contributed by atoms with Crippen LogP contribution in [0, 0.1) is 0 Å². The second-order valence-electron chi connectivity index (χ2n) is 8.52. The van der Waals surface area contributed by atoms with E-state index in [0.29, 0.717) is 129 Å². The molecule has 0 atom stereocenters. The first-order valence-electron chi connectivity index (χ1n) is 13.6. The Bertz CT molecular complexity index is 779. The van der Waals surface area contributed by atoms with Gasteiger partial charge in [-0.15, -0.1) is 0 Å². The van der Waals surface area contributed by atoms with Gasteiger partial charge in [0.2, 0.25) is 0 Å². The molecule has 1 aromatic rings.